The van der Waals surface area contributed by atoms with Gasteiger partial charge in [-0.25, -0.2) is 9.48 Å². The fourth-order valence-corrected chi connectivity index (χ4v) is 4.29. The molecule has 0 unspecified atom stereocenters. The van der Waals surface area contributed by atoms with Crippen molar-refractivity contribution in [1.29, 1.82) is 0 Å². The highest BCUT2D eigenvalue weighted by molar-refractivity contribution is 5.88. The monoisotopic (exact) mass is 400 g/mol. The summed E-state index contributed by atoms with van der Waals surface area (Å²) in [5.74, 6) is -0.911. The van der Waals surface area contributed by atoms with Gasteiger partial charge >= 0.3 is 5.97 Å². The molecule has 1 aromatic heterocycles. The summed E-state index contributed by atoms with van der Waals surface area (Å²) in [6.45, 7) is 9.31. The van der Waals surface area contributed by atoms with Crippen molar-refractivity contribution in [3.05, 3.63) is 82.7 Å². The summed E-state index contributed by atoms with van der Waals surface area (Å²) < 4.78 is 1.92. The number of carboxylic acids is 1. The Labute approximate surface area is 177 Å². The van der Waals surface area contributed by atoms with Crippen LogP contribution in [-0.2, 0) is 10.8 Å². The van der Waals surface area contributed by atoms with Crippen molar-refractivity contribution in [2.45, 2.75) is 51.4 Å². The molecule has 0 radical (unpaired) electrons. The second-order valence-electron chi connectivity index (χ2n) is 9.44. The van der Waals surface area contributed by atoms with E-state index in [2.05, 4.69) is 51.0 Å². The predicted octanol–water partition coefficient (Wildman–Crippen LogP) is 6.09. The Morgan fingerprint density at radius 1 is 1.00 bits per heavy atom. The summed E-state index contributed by atoms with van der Waals surface area (Å²) in [5.41, 5.74) is 6.46. The smallest absolute Gasteiger partial charge is 0.335 e. The van der Waals surface area contributed by atoms with Crippen molar-refractivity contribution in [3.8, 4) is 5.69 Å². The third kappa shape index (κ3) is 3.70. The number of rotatable bonds is 4. The van der Waals surface area contributed by atoms with Gasteiger partial charge in [0.05, 0.1) is 11.3 Å². The minimum atomic E-state index is -0.911. The van der Waals surface area contributed by atoms with Crippen LogP contribution in [0.3, 0.4) is 0 Å². The molecule has 0 saturated carbocycles. The van der Waals surface area contributed by atoms with Gasteiger partial charge in [0.15, 0.2) is 0 Å². The maximum Gasteiger partial charge on any atom is 0.335 e. The van der Waals surface area contributed by atoms with E-state index in [1.54, 1.807) is 18.3 Å². The average molecular weight is 401 g/mol. The van der Waals surface area contributed by atoms with Gasteiger partial charge in [-0.3, -0.25) is 0 Å². The molecule has 0 atom stereocenters. The highest BCUT2D eigenvalue weighted by Crippen LogP contribution is 2.47. The van der Waals surface area contributed by atoms with Crippen molar-refractivity contribution < 1.29 is 9.90 Å². The number of hydrogen-bond acceptors (Lipinski definition) is 2. The van der Waals surface area contributed by atoms with Crippen LogP contribution in [-0.4, -0.2) is 20.9 Å². The number of aromatic carboxylic acids is 1. The molecule has 4 rings (SSSR count). The first kappa shape index (κ1) is 20.1. The molecule has 3 aromatic rings. The molecule has 1 N–H and O–H groups in total. The van der Waals surface area contributed by atoms with Crippen molar-refractivity contribution in [3.63, 3.8) is 0 Å². The molecule has 4 heteroatoms. The van der Waals surface area contributed by atoms with Crippen LogP contribution in [0.4, 0.5) is 0 Å². The van der Waals surface area contributed by atoms with Crippen LogP contribution >= 0.6 is 0 Å². The molecule has 0 aliphatic heterocycles. The third-order valence-corrected chi connectivity index (χ3v) is 6.36. The van der Waals surface area contributed by atoms with E-state index in [1.807, 2.05) is 35.2 Å². The number of fused-ring (bicyclic) bond motifs is 1. The molecular formula is C26H28N2O2. The quantitative estimate of drug-likeness (QED) is 0.539. The molecule has 0 saturated heterocycles. The van der Waals surface area contributed by atoms with Crippen LogP contribution in [0.1, 0.15) is 73.1 Å². The van der Waals surface area contributed by atoms with Crippen LogP contribution in [0.2, 0.25) is 0 Å². The molecule has 154 valence electrons. The van der Waals surface area contributed by atoms with Gasteiger partial charge in [-0.1, -0.05) is 52.0 Å². The van der Waals surface area contributed by atoms with Gasteiger partial charge < -0.3 is 5.11 Å². The predicted molar refractivity (Wildman–Crippen MR) is 121 cm³/mol. The van der Waals surface area contributed by atoms with Crippen molar-refractivity contribution in [1.82, 2.24) is 9.78 Å². The van der Waals surface area contributed by atoms with Crippen LogP contribution in [0, 0.1) is 0 Å². The van der Waals surface area contributed by atoms with Gasteiger partial charge in [-0.2, -0.15) is 5.10 Å². The van der Waals surface area contributed by atoms with Crippen LogP contribution < -0.4 is 0 Å². The highest BCUT2D eigenvalue weighted by atomic mass is 16.4. The van der Waals surface area contributed by atoms with Gasteiger partial charge in [-0.05, 0) is 70.7 Å². The lowest BCUT2D eigenvalue weighted by Crippen LogP contribution is -2.34. The van der Waals surface area contributed by atoms with E-state index in [-0.39, 0.29) is 10.8 Å². The van der Waals surface area contributed by atoms with Gasteiger partial charge in [-0.15, -0.1) is 0 Å². The molecule has 2 aromatic carbocycles. The van der Waals surface area contributed by atoms with Crippen molar-refractivity contribution >= 4 is 18.1 Å². The zero-order valence-corrected chi connectivity index (χ0v) is 18.0. The number of aromatic nitrogens is 2. The Bertz CT molecular complexity index is 1100. The Morgan fingerprint density at radius 3 is 2.20 bits per heavy atom. The zero-order valence-electron chi connectivity index (χ0n) is 18.0. The molecule has 0 amide bonds. The van der Waals surface area contributed by atoms with E-state index < -0.39 is 5.97 Å². The first-order valence-electron chi connectivity index (χ1n) is 10.4. The molecule has 30 heavy (non-hydrogen) atoms. The molecular weight excluding hydrogens is 372 g/mol. The first-order valence-corrected chi connectivity index (χ1v) is 10.4. The minimum absolute atomic E-state index is 0.124. The van der Waals surface area contributed by atoms with E-state index in [0.29, 0.717) is 5.56 Å². The second kappa shape index (κ2) is 7.28. The molecule has 0 fully saturated rings. The number of nitrogens with zero attached hydrogens (tertiary/aromatic N) is 2. The lowest BCUT2D eigenvalue weighted by atomic mass is 9.63. The third-order valence-electron chi connectivity index (χ3n) is 6.36. The van der Waals surface area contributed by atoms with E-state index in [1.165, 1.54) is 11.1 Å². The summed E-state index contributed by atoms with van der Waals surface area (Å²) in [7, 11) is 0. The van der Waals surface area contributed by atoms with Crippen LogP contribution in [0.25, 0.3) is 17.8 Å². The number of benzene rings is 2. The molecule has 1 heterocycles. The van der Waals surface area contributed by atoms with E-state index in [0.717, 1.165) is 29.7 Å². The Kier molecular flexibility index (Phi) is 4.89. The standard InChI is InChI=1S/C26H28N2O2/c1-25(2)12-13-26(3,4)22-17-23(28-15-5-14-27-28)20(16-21(22)25)11-8-18-6-9-19(10-7-18)24(29)30/h5-11,14-17H,12-13H2,1-4H3,(H,29,30). The minimum Gasteiger partial charge on any atom is -0.478 e. The van der Waals surface area contributed by atoms with Crippen molar-refractivity contribution in [2.75, 3.05) is 0 Å². The Morgan fingerprint density at radius 2 is 1.63 bits per heavy atom. The van der Waals surface area contributed by atoms with Crippen LogP contribution in [0.5, 0.6) is 0 Å². The average Bonchev–Trinajstić information content (AvgIpc) is 3.24. The summed E-state index contributed by atoms with van der Waals surface area (Å²) >= 11 is 0. The van der Waals surface area contributed by atoms with Crippen molar-refractivity contribution in [2.24, 2.45) is 0 Å². The number of hydrogen-bond donors (Lipinski definition) is 1. The fraction of sp³-hybridized carbons (Fsp3) is 0.308. The topological polar surface area (TPSA) is 55.1 Å². The van der Waals surface area contributed by atoms with E-state index >= 15 is 0 Å². The maximum absolute atomic E-state index is 11.1. The largest absolute Gasteiger partial charge is 0.478 e. The lowest BCUT2D eigenvalue weighted by Gasteiger charge is -2.42. The summed E-state index contributed by atoms with van der Waals surface area (Å²) in [6.07, 6.45) is 10.2. The maximum atomic E-state index is 11.1. The molecule has 0 bridgehead atoms. The van der Waals surface area contributed by atoms with Crippen LogP contribution in [0.15, 0.2) is 54.9 Å². The Hall–Kier alpha value is -3.14. The first-order chi connectivity index (χ1) is 14.2. The van der Waals surface area contributed by atoms with Gasteiger partial charge in [0, 0.05) is 18.0 Å². The molecule has 1 aliphatic carbocycles. The molecule has 4 nitrogen and oxygen atoms in total. The molecule has 1 aliphatic rings. The van der Waals surface area contributed by atoms with E-state index in [4.69, 9.17) is 5.11 Å². The summed E-state index contributed by atoms with van der Waals surface area (Å²) in [4.78, 5) is 11.1. The second-order valence-corrected chi connectivity index (χ2v) is 9.44. The van der Waals surface area contributed by atoms with E-state index in [9.17, 15) is 4.79 Å². The zero-order chi connectivity index (χ0) is 21.5. The summed E-state index contributed by atoms with van der Waals surface area (Å²) in [5, 5.41) is 13.6. The van der Waals surface area contributed by atoms with Gasteiger partial charge in [0.2, 0.25) is 0 Å². The fourth-order valence-electron chi connectivity index (χ4n) is 4.29. The van der Waals surface area contributed by atoms with Gasteiger partial charge in [0.1, 0.15) is 0 Å². The normalized spacial score (nSPS) is 17.1. The summed E-state index contributed by atoms with van der Waals surface area (Å²) in [6, 6.07) is 13.5. The highest BCUT2D eigenvalue weighted by Gasteiger charge is 2.37. The number of carboxylic acid groups (broad SMARTS) is 1. The lowest BCUT2D eigenvalue weighted by molar-refractivity contribution is 0.0697. The van der Waals surface area contributed by atoms with Gasteiger partial charge in [0.25, 0.3) is 0 Å². The number of carbonyl (C=O) groups is 1. The Balaban J connectivity index is 1.83. The SMILES string of the molecule is CC1(C)CCC(C)(C)c2cc(-n3cccn3)c(C=Cc3ccc(C(=O)O)cc3)cc21. The molecule has 0 spiro atoms.